The van der Waals surface area contributed by atoms with Crippen LogP contribution in [0.4, 0.5) is 17.1 Å². The van der Waals surface area contributed by atoms with Crippen LogP contribution in [0.15, 0.2) is 12.1 Å². The number of amides is 1. The predicted molar refractivity (Wildman–Crippen MR) is 66.0 cm³/mol. The first-order chi connectivity index (χ1) is 8.13. The number of β-amino-alcohol motifs (C(OH)–C–C–N with tert-alkyl or cyclic N) is 1. The number of fused-ring (bicyclic) bond motifs is 1. The Hall–Kier alpha value is -1.75. The highest BCUT2D eigenvalue weighted by atomic mass is 16.3. The van der Waals surface area contributed by atoms with Crippen molar-refractivity contribution in [1.82, 2.24) is 0 Å². The third kappa shape index (κ3) is 1.72. The molecular weight excluding hydrogens is 218 g/mol. The molecule has 0 radical (unpaired) electrons. The number of anilines is 3. The van der Waals surface area contributed by atoms with Crippen LogP contribution in [0.1, 0.15) is 12.0 Å². The minimum atomic E-state index is -0.280. The van der Waals surface area contributed by atoms with Crippen molar-refractivity contribution in [2.24, 2.45) is 0 Å². The van der Waals surface area contributed by atoms with E-state index < -0.39 is 0 Å². The van der Waals surface area contributed by atoms with Crippen molar-refractivity contribution < 1.29 is 9.90 Å². The van der Waals surface area contributed by atoms with Gasteiger partial charge in [0.2, 0.25) is 5.91 Å². The zero-order valence-electron chi connectivity index (χ0n) is 9.44. The molecule has 90 valence electrons. The van der Waals surface area contributed by atoms with Crippen molar-refractivity contribution in [3.05, 3.63) is 17.7 Å². The number of nitrogens with zero attached hydrogens (tertiary/aromatic N) is 1. The molecule has 1 aromatic rings. The summed E-state index contributed by atoms with van der Waals surface area (Å²) in [5.41, 5.74) is 9.38. The van der Waals surface area contributed by atoms with E-state index in [1.54, 1.807) is 0 Å². The smallest absolute Gasteiger partial charge is 0.228 e. The maximum atomic E-state index is 11.3. The molecule has 5 nitrogen and oxygen atoms in total. The summed E-state index contributed by atoms with van der Waals surface area (Å²) in [6, 6.07) is 3.76. The molecule has 1 atom stereocenters. The first-order valence-electron chi connectivity index (χ1n) is 5.79. The minimum Gasteiger partial charge on any atom is -0.397 e. The van der Waals surface area contributed by atoms with Gasteiger partial charge in [-0.05, 0) is 24.1 Å². The summed E-state index contributed by atoms with van der Waals surface area (Å²) in [7, 11) is 0. The van der Waals surface area contributed by atoms with Gasteiger partial charge in [0.05, 0.1) is 23.9 Å². The monoisotopic (exact) mass is 233 g/mol. The van der Waals surface area contributed by atoms with Crippen LogP contribution in [0, 0.1) is 0 Å². The van der Waals surface area contributed by atoms with Crippen molar-refractivity contribution in [2.45, 2.75) is 18.9 Å². The molecule has 0 aliphatic carbocycles. The standard InChI is InChI=1S/C12H15N3O2/c13-9-3-7-4-12(17)14-10(7)5-11(9)15-2-1-8(16)6-15/h3,5,8,16H,1-2,4,6,13H2,(H,14,17). The number of carbonyl (C=O) groups excluding carboxylic acids is 1. The predicted octanol–water partition coefficient (Wildman–Crippen LogP) is 0.334. The Balaban J connectivity index is 1.96. The molecular formula is C12H15N3O2. The van der Waals surface area contributed by atoms with Crippen LogP contribution in [0.25, 0.3) is 0 Å². The summed E-state index contributed by atoms with van der Waals surface area (Å²) < 4.78 is 0. The first kappa shape index (κ1) is 10.4. The Kier molecular flexibility index (Phi) is 2.22. The molecule has 0 aromatic heterocycles. The molecule has 2 heterocycles. The van der Waals surface area contributed by atoms with Crippen molar-refractivity contribution in [1.29, 1.82) is 0 Å². The lowest BCUT2D eigenvalue weighted by Gasteiger charge is -2.20. The molecule has 5 heteroatoms. The van der Waals surface area contributed by atoms with Crippen LogP contribution in [-0.2, 0) is 11.2 Å². The van der Waals surface area contributed by atoms with Crippen LogP contribution >= 0.6 is 0 Å². The molecule has 1 aromatic carbocycles. The third-order valence-electron chi connectivity index (χ3n) is 3.38. The van der Waals surface area contributed by atoms with Gasteiger partial charge >= 0.3 is 0 Å². The van der Waals surface area contributed by atoms with Gasteiger partial charge in [0.15, 0.2) is 0 Å². The molecule has 0 spiro atoms. The second kappa shape index (κ2) is 3.63. The number of nitrogen functional groups attached to an aromatic ring is 1. The number of benzene rings is 1. The lowest BCUT2D eigenvalue weighted by Crippen LogP contribution is -2.22. The lowest BCUT2D eigenvalue weighted by atomic mass is 10.1. The Morgan fingerprint density at radius 1 is 1.47 bits per heavy atom. The van der Waals surface area contributed by atoms with Gasteiger partial charge in [-0.15, -0.1) is 0 Å². The second-order valence-corrected chi connectivity index (χ2v) is 4.68. The maximum absolute atomic E-state index is 11.3. The van der Waals surface area contributed by atoms with Crippen molar-refractivity contribution >= 4 is 23.0 Å². The van der Waals surface area contributed by atoms with E-state index in [0.29, 0.717) is 18.7 Å². The summed E-state index contributed by atoms with van der Waals surface area (Å²) in [6.07, 6.45) is 0.892. The molecule has 0 saturated carbocycles. The maximum Gasteiger partial charge on any atom is 0.228 e. The molecule has 0 bridgehead atoms. The van der Waals surface area contributed by atoms with E-state index in [4.69, 9.17) is 5.73 Å². The van der Waals surface area contributed by atoms with E-state index in [0.717, 1.165) is 29.9 Å². The van der Waals surface area contributed by atoms with Crippen LogP contribution in [0.5, 0.6) is 0 Å². The highest BCUT2D eigenvalue weighted by Crippen LogP contribution is 2.35. The molecule has 2 aliphatic rings. The average Bonchev–Trinajstić information content (AvgIpc) is 2.82. The molecule has 1 fully saturated rings. The van der Waals surface area contributed by atoms with Gasteiger partial charge in [-0.3, -0.25) is 4.79 Å². The van der Waals surface area contributed by atoms with Gasteiger partial charge < -0.3 is 21.1 Å². The van der Waals surface area contributed by atoms with Crippen molar-refractivity contribution in [3.63, 3.8) is 0 Å². The summed E-state index contributed by atoms with van der Waals surface area (Å²) >= 11 is 0. The van der Waals surface area contributed by atoms with E-state index in [1.807, 2.05) is 12.1 Å². The molecule has 1 amide bonds. The van der Waals surface area contributed by atoms with Crippen LogP contribution in [0.2, 0.25) is 0 Å². The Bertz CT molecular complexity index is 487. The summed E-state index contributed by atoms with van der Waals surface area (Å²) in [4.78, 5) is 13.4. The Labute approximate surface area is 99.2 Å². The van der Waals surface area contributed by atoms with Gasteiger partial charge in [-0.1, -0.05) is 0 Å². The number of rotatable bonds is 1. The van der Waals surface area contributed by atoms with E-state index in [-0.39, 0.29) is 12.0 Å². The van der Waals surface area contributed by atoms with Gasteiger partial charge in [0.25, 0.3) is 0 Å². The molecule has 1 saturated heterocycles. The number of aliphatic hydroxyl groups is 1. The number of nitrogens with one attached hydrogen (secondary N) is 1. The van der Waals surface area contributed by atoms with Crippen molar-refractivity contribution in [2.75, 3.05) is 29.0 Å². The van der Waals surface area contributed by atoms with Crippen LogP contribution in [0.3, 0.4) is 0 Å². The van der Waals surface area contributed by atoms with Gasteiger partial charge in [-0.25, -0.2) is 0 Å². The molecule has 2 aliphatic heterocycles. The average molecular weight is 233 g/mol. The fraction of sp³-hybridized carbons (Fsp3) is 0.417. The highest BCUT2D eigenvalue weighted by Gasteiger charge is 2.25. The summed E-state index contributed by atoms with van der Waals surface area (Å²) in [5.74, 6) is 0.0120. The zero-order chi connectivity index (χ0) is 12.0. The quantitative estimate of drug-likeness (QED) is 0.611. The molecule has 3 rings (SSSR count). The van der Waals surface area contributed by atoms with E-state index in [2.05, 4.69) is 10.2 Å². The van der Waals surface area contributed by atoms with Crippen LogP contribution < -0.4 is 16.0 Å². The van der Waals surface area contributed by atoms with E-state index in [9.17, 15) is 9.90 Å². The van der Waals surface area contributed by atoms with Gasteiger partial charge in [0.1, 0.15) is 0 Å². The number of nitrogens with two attached hydrogens (primary N) is 1. The Morgan fingerprint density at radius 3 is 3.00 bits per heavy atom. The van der Waals surface area contributed by atoms with Gasteiger partial charge in [-0.2, -0.15) is 0 Å². The second-order valence-electron chi connectivity index (χ2n) is 4.68. The van der Waals surface area contributed by atoms with Gasteiger partial charge in [0, 0.05) is 18.8 Å². The minimum absolute atomic E-state index is 0.0120. The number of aliphatic hydroxyl groups excluding tert-OH is 1. The Morgan fingerprint density at radius 2 is 2.29 bits per heavy atom. The molecule has 4 N–H and O–H groups in total. The number of carbonyl (C=O) groups is 1. The normalized spacial score (nSPS) is 22.8. The fourth-order valence-electron chi connectivity index (χ4n) is 2.52. The summed E-state index contributed by atoms with van der Waals surface area (Å²) in [5, 5.41) is 12.4. The van der Waals surface area contributed by atoms with Crippen LogP contribution in [-0.4, -0.2) is 30.2 Å². The molecule has 17 heavy (non-hydrogen) atoms. The number of hydrogen-bond donors (Lipinski definition) is 3. The number of hydrogen-bond acceptors (Lipinski definition) is 4. The van der Waals surface area contributed by atoms with E-state index in [1.165, 1.54) is 0 Å². The fourth-order valence-corrected chi connectivity index (χ4v) is 2.52. The highest BCUT2D eigenvalue weighted by molar-refractivity contribution is 6.00. The lowest BCUT2D eigenvalue weighted by molar-refractivity contribution is -0.115. The molecule has 1 unspecified atom stereocenters. The summed E-state index contributed by atoms with van der Waals surface area (Å²) in [6.45, 7) is 1.41. The van der Waals surface area contributed by atoms with Crippen molar-refractivity contribution in [3.8, 4) is 0 Å². The third-order valence-corrected chi connectivity index (χ3v) is 3.38. The SMILES string of the molecule is Nc1cc2c(cc1N1CCC(O)C1)NC(=O)C2. The first-order valence-corrected chi connectivity index (χ1v) is 5.79. The zero-order valence-corrected chi connectivity index (χ0v) is 9.44. The van der Waals surface area contributed by atoms with E-state index >= 15 is 0 Å². The topological polar surface area (TPSA) is 78.6 Å². The largest absolute Gasteiger partial charge is 0.397 e.